The molecule has 1 aliphatic carbocycles. The minimum Gasteiger partial charge on any atom is -0.379 e. The van der Waals surface area contributed by atoms with Crippen molar-refractivity contribution in [1.82, 2.24) is 25.3 Å². The van der Waals surface area contributed by atoms with E-state index in [4.69, 9.17) is 9.73 Å². The first-order valence-electron chi connectivity index (χ1n) is 11.5. The van der Waals surface area contributed by atoms with Crippen molar-refractivity contribution >= 4 is 5.96 Å². The summed E-state index contributed by atoms with van der Waals surface area (Å²) in [7, 11) is 0. The molecule has 2 fully saturated rings. The molecular formula is C22H40N6O. The highest BCUT2D eigenvalue weighted by atomic mass is 16.5. The SMILES string of the molecule is CCNC(=NCC1(N2CCOCC2)CCCCC1)NCCCn1nc(C)cc1C. The Morgan fingerprint density at radius 3 is 2.59 bits per heavy atom. The lowest BCUT2D eigenvalue weighted by Crippen LogP contribution is -2.56. The van der Waals surface area contributed by atoms with E-state index in [2.05, 4.69) is 45.2 Å². The Bertz CT molecular complexity index is 644. The molecule has 2 heterocycles. The van der Waals surface area contributed by atoms with Gasteiger partial charge in [-0.3, -0.25) is 14.6 Å². The third-order valence-corrected chi connectivity index (χ3v) is 6.28. The number of ether oxygens (including phenoxy) is 1. The summed E-state index contributed by atoms with van der Waals surface area (Å²) in [6.45, 7) is 13.7. The molecule has 2 aliphatic rings. The van der Waals surface area contributed by atoms with Gasteiger partial charge in [0.05, 0.1) is 25.5 Å². The molecule has 0 unspecified atom stereocenters. The minimum absolute atomic E-state index is 0.216. The summed E-state index contributed by atoms with van der Waals surface area (Å²) in [6, 6.07) is 2.13. The van der Waals surface area contributed by atoms with E-state index in [9.17, 15) is 0 Å². The van der Waals surface area contributed by atoms with E-state index in [1.54, 1.807) is 0 Å². The van der Waals surface area contributed by atoms with Gasteiger partial charge in [-0.1, -0.05) is 19.3 Å². The summed E-state index contributed by atoms with van der Waals surface area (Å²) in [5, 5.41) is 11.5. The first kappa shape index (κ1) is 22.1. The molecule has 3 rings (SSSR count). The predicted molar refractivity (Wildman–Crippen MR) is 119 cm³/mol. The second-order valence-corrected chi connectivity index (χ2v) is 8.51. The Balaban J connectivity index is 1.55. The molecule has 1 saturated carbocycles. The Hall–Kier alpha value is -1.60. The van der Waals surface area contributed by atoms with Gasteiger partial charge in [0.25, 0.3) is 0 Å². The van der Waals surface area contributed by atoms with Crippen molar-refractivity contribution < 1.29 is 4.74 Å². The van der Waals surface area contributed by atoms with Crippen molar-refractivity contribution in [3.63, 3.8) is 0 Å². The van der Waals surface area contributed by atoms with Crippen molar-refractivity contribution in [2.24, 2.45) is 4.99 Å². The van der Waals surface area contributed by atoms with Gasteiger partial charge >= 0.3 is 0 Å². The van der Waals surface area contributed by atoms with Crippen LogP contribution in [-0.4, -0.2) is 72.1 Å². The monoisotopic (exact) mass is 404 g/mol. The zero-order valence-electron chi connectivity index (χ0n) is 18.7. The summed E-state index contributed by atoms with van der Waals surface area (Å²) < 4.78 is 7.70. The van der Waals surface area contributed by atoms with E-state index in [-0.39, 0.29) is 5.54 Å². The van der Waals surface area contributed by atoms with E-state index >= 15 is 0 Å². The van der Waals surface area contributed by atoms with Crippen LogP contribution in [0.4, 0.5) is 0 Å². The number of aliphatic imine (C=N–C) groups is 1. The van der Waals surface area contributed by atoms with Gasteiger partial charge in [0.2, 0.25) is 0 Å². The molecule has 0 amide bonds. The quantitative estimate of drug-likeness (QED) is 0.396. The first-order valence-corrected chi connectivity index (χ1v) is 11.5. The van der Waals surface area contributed by atoms with Gasteiger partial charge in [0.1, 0.15) is 0 Å². The lowest BCUT2D eigenvalue weighted by molar-refractivity contribution is -0.0333. The van der Waals surface area contributed by atoms with E-state index in [0.717, 1.165) is 70.6 Å². The fraction of sp³-hybridized carbons (Fsp3) is 0.818. The highest BCUT2D eigenvalue weighted by molar-refractivity contribution is 5.79. The Labute approximate surface area is 176 Å². The molecule has 0 radical (unpaired) electrons. The van der Waals surface area contributed by atoms with Crippen LogP contribution in [0.1, 0.15) is 56.8 Å². The largest absolute Gasteiger partial charge is 0.379 e. The Kier molecular flexibility index (Phi) is 8.36. The lowest BCUT2D eigenvalue weighted by atomic mass is 9.80. The second-order valence-electron chi connectivity index (χ2n) is 8.51. The molecular weight excluding hydrogens is 364 g/mol. The van der Waals surface area contributed by atoms with Crippen LogP contribution in [0.25, 0.3) is 0 Å². The number of hydrogen-bond donors (Lipinski definition) is 2. The molecule has 1 aliphatic heterocycles. The van der Waals surface area contributed by atoms with Crippen molar-refractivity contribution in [1.29, 1.82) is 0 Å². The number of hydrogen-bond acceptors (Lipinski definition) is 4. The molecule has 1 aromatic rings. The standard InChI is InChI=1S/C22H40N6O/c1-4-23-21(24-11-8-12-28-20(3)17-19(2)26-28)25-18-22(9-6-5-7-10-22)27-13-15-29-16-14-27/h17H,4-16,18H2,1-3H3,(H2,23,24,25). The Morgan fingerprint density at radius 1 is 1.17 bits per heavy atom. The average molecular weight is 405 g/mol. The van der Waals surface area contributed by atoms with Crippen LogP contribution < -0.4 is 10.6 Å². The van der Waals surface area contributed by atoms with Crippen LogP contribution in [0.15, 0.2) is 11.1 Å². The Morgan fingerprint density at radius 2 is 1.93 bits per heavy atom. The van der Waals surface area contributed by atoms with Gasteiger partial charge in [-0.25, -0.2) is 0 Å². The number of rotatable bonds is 8. The summed E-state index contributed by atoms with van der Waals surface area (Å²) >= 11 is 0. The van der Waals surface area contributed by atoms with Crippen molar-refractivity contribution in [3.8, 4) is 0 Å². The molecule has 0 bridgehead atoms. The van der Waals surface area contributed by atoms with Crippen LogP contribution in [0.3, 0.4) is 0 Å². The molecule has 29 heavy (non-hydrogen) atoms. The molecule has 1 aromatic heterocycles. The lowest BCUT2D eigenvalue weighted by Gasteiger charge is -2.47. The molecule has 0 aromatic carbocycles. The highest BCUT2D eigenvalue weighted by Gasteiger charge is 2.38. The normalized spacial score (nSPS) is 20.6. The smallest absolute Gasteiger partial charge is 0.191 e. The number of nitrogens with zero attached hydrogens (tertiary/aromatic N) is 4. The summed E-state index contributed by atoms with van der Waals surface area (Å²) in [6.07, 6.45) is 7.54. The number of guanidine groups is 1. The molecule has 164 valence electrons. The van der Waals surface area contributed by atoms with Gasteiger partial charge in [-0.05, 0) is 46.1 Å². The van der Waals surface area contributed by atoms with Gasteiger partial charge in [0, 0.05) is 44.0 Å². The molecule has 7 heteroatoms. The zero-order chi connectivity index (χ0) is 20.5. The fourth-order valence-corrected chi connectivity index (χ4v) is 4.73. The maximum absolute atomic E-state index is 5.60. The van der Waals surface area contributed by atoms with E-state index < -0.39 is 0 Å². The van der Waals surface area contributed by atoms with Crippen LogP contribution in [0.5, 0.6) is 0 Å². The summed E-state index contributed by atoms with van der Waals surface area (Å²) in [4.78, 5) is 7.70. The third kappa shape index (κ3) is 6.19. The summed E-state index contributed by atoms with van der Waals surface area (Å²) in [5.41, 5.74) is 2.53. The first-order chi connectivity index (χ1) is 14.1. The number of aromatic nitrogens is 2. The van der Waals surface area contributed by atoms with Gasteiger partial charge in [-0.2, -0.15) is 5.10 Å². The maximum atomic E-state index is 5.60. The van der Waals surface area contributed by atoms with E-state index in [1.807, 2.05) is 6.92 Å². The number of aryl methyl sites for hydroxylation is 3. The van der Waals surface area contributed by atoms with Crippen LogP contribution in [0, 0.1) is 13.8 Å². The fourth-order valence-electron chi connectivity index (χ4n) is 4.73. The van der Waals surface area contributed by atoms with Gasteiger partial charge in [0.15, 0.2) is 5.96 Å². The van der Waals surface area contributed by atoms with Gasteiger partial charge in [-0.15, -0.1) is 0 Å². The van der Waals surface area contributed by atoms with Gasteiger partial charge < -0.3 is 15.4 Å². The molecule has 2 N–H and O–H groups in total. The molecule has 0 spiro atoms. The number of nitrogens with one attached hydrogen (secondary N) is 2. The zero-order valence-corrected chi connectivity index (χ0v) is 18.7. The van der Waals surface area contributed by atoms with E-state index in [1.165, 1.54) is 37.8 Å². The highest BCUT2D eigenvalue weighted by Crippen LogP contribution is 2.34. The van der Waals surface area contributed by atoms with Crippen LogP contribution in [-0.2, 0) is 11.3 Å². The summed E-state index contributed by atoms with van der Waals surface area (Å²) in [5.74, 6) is 0.944. The maximum Gasteiger partial charge on any atom is 0.191 e. The second kappa shape index (κ2) is 11.0. The third-order valence-electron chi connectivity index (χ3n) is 6.28. The number of morpholine rings is 1. The van der Waals surface area contributed by atoms with Crippen LogP contribution in [0.2, 0.25) is 0 Å². The molecule has 0 atom stereocenters. The van der Waals surface area contributed by atoms with Crippen molar-refractivity contribution in [2.45, 2.75) is 71.4 Å². The van der Waals surface area contributed by atoms with E-state index in [0.29, 0.717) is 0 Å². The van der Waals surface area contributed by atoms with Crippen molar-refractivity contribution in [2.75, 3.05) is 45.9 Å². The minimum atomic E-state index is 0.216. The predicted octanol–water partition coefficient (Wildman–Crippen LogP) is 2.48. The molecule has 7 nitrogen and oxygen atoms in total. The van der Waals surface area contributed by atoms with Crippen molar-refractivity contribution in [3.05, 3.63) is 17.5 Å². The van der Waals surface area contributed by atoms with Crippen LogP contribution >= 0.6 is 0 Å². The molecule has 1 saturated heterocycles. The topological polar surface area (TPSA) is 66.7 Å². The average Bonchev–Trinajstić information content (AvgIpc) is 3.07.